The summed E-state index contributed by atoms with van der Waals surface area (Å²) < 4.78 is 5.39. The third-order valence-corrected chi connectivity index (χ3v) is 4.33. The maximum absolute atomic E-state index is 9.88. The van der Waals surface area contributed by atoms with E-state index in [4.69, 9.17) is 4.74 Å². The van der Waals surface area contributed by atoms with Crippen LogP contribution in [0.5, 0.6) is 5.75 Å². The number of aliphatic hydroxyl groups excluding tert-OH is 1. The summed E-state index contributed by atoms with van der Waals surface area (Å²) >= 11 is 0. The van der Waals surface area contributed by atoms with E-state index in [0.717, 1.165) is 24.3 Å². The molecule has 0 radical (unpaired) electrons. The van der Waals surface area contributed by atoms with Crippen molar-refractivity contribution < 1.29 is 9.84 Å². The van der Waals surface area contributed by atoms with Crippen LogP contribution in [0.25, 0.3) is 0 Å². The molecule has 1 fully saturated rings. The molecule has 1 saturated carbocycles. The molecule has 0 heterocycles. The molecule has 0 bridgehead atoms. The standard InChI is InChI=1S/C16H25NO2/c1-3-13-7-6-10-16(11-13,12-18)17-14-8-4-5-9-15(14)19-2/h4-5,8-9,13,17-18H,3,6-7,10-12H2,1-2H3. The number of benzene rings is 1. The van der Waals surface area contributed by atoms with Crippen molar-refractivity contribution >= 4 is 5.69 Å². The average Bonchev–Trinajstić information content (AvgIpc) is 2.48. The highest BCUT2D eigenvalue weighted by Crippen LogP contribution is 2.38. The largest absolute Gasteiger partial charge is 0.495 e. The molecule has 106 valence electrons. The van der Waals surface area contributed by atoms with Crippen LogP contribution < -0.4 is 10.1 Å². The summed E-state index contributed by atoms with van der Waals surface area (Å²) in [6.45, 7) is 2.42. The van der Waals surface area contributed by atoms with Gasteiger partial charge in [-0.25, -0.2) is 0 Å². The molecule has 1 aromatic rings. The Morgan fingerprint density at radius 2 is 2.21 bits per heavy atom. The Bertz CT molecular complexity index is 407. The molecule has 0 spiro atoms. The van der Waals surface area contributed by atoms with Crippen LogP contribution in [0.4, 0.5) is 5.69 Å². The summed E-state index contributed by atoms with van der Waals surface area (Å²) in [7, 11) is 1.68. The lowest BCUT2D eigenvalue weighted by atomic mass is 9.75. The van der Waals surface area contributed by atoms with Crippen LogP contribution in [0.15, 0.2) is 24.3 Å². The zero-order valence-electron chi connectivity index (χ0n) is 12.0. The minimum Gasteiger partial charge on any atom is -0.495 e. The Kier molecular flexibility index (Phi) is 4.70. The van der Waals surface area contributed by atoms with E-state index >= 15 is 0 Å². The van der Waals surface area contributed by atoms with Gasteiger partial charge < -0.3 is 15.2 Å². The van der Waals surface area contributed by atoms with Crippen LogP contribution in [-0.4, -0.2) is 24.4 Å². The van der Waals surface area contributed by atoms with Gasteiger partial charge in [0.2, 0.25) is 0 Å². The predicted octanol–water partition coefficient (Wildman–Crippen LogP) is 3.44. The zero-order chi connectivity index (χ0) is 13.7. The molecular weight excluding hydrogens is 238 g/mol. The van der Waals surface area contributed by atoms with Gasteiger partial charge in [0.05, 0.1) is 24.9 Å². The molecule has 0 saturated heterocycles. The summed E-state index contributed by atoms with van der Waals surface area (Å²) in [6.07, 6.45) is 5.72. The van der Waals surface area contributed by atoms with Crippen molar-refractivity contribution in [1.82, 2.24) is 0 Å². The van der Waals surface area contributed by atoms with E-state index in [0.29, 0.717) is 5.92 Å². The maximum Gasteiger partial charge on any atom is 0.141 e. The first-order valence-corrected chi connectivity index (χ1v) is 7.25. The van der Waals surface area contributed by atoms with E-state index < -0.39 is 0 Å². The molecule has 1 aliphatic rings. The highest BCUT2D eigenvalue weighted by Gasteiger charge is 2.35. The molecule has 2 N–H and O–H groups in total. The second-order valence-corrected chi connectivity index (χ2v) is 5.63. The summed E-state index contributed by atoms with van der Waals surface area (Å²) in [5, 5.41) is 13.4. The molecule has 3 nitrogen and oxygen atoms in total. The first-order chi connectivity index (χ1) is 9.23. The number of hydrogen-bond acceptors (Lipinski definition) is 3. The number of hydrogen-bond donors (Lipinski definition) is 2. The molecule has 3 heteroatoms. The fourth-order valence-corrected chi connectivity index (χ4v) is 3.16. The van der Waals surface area contributed by atoms with Crippen LogP contribution in [0, 0.1) is 5.92 Å². The fourth-order valence-electron chi connectivity index (χ4n) is 3.16. The predicted molar refractivity (Wildman–Crippen MR) is 78.7 cm³/mol. The Morgan fingerprint density at radius 1 is 1.42 bits per heavy atom. The van der Waals surface area contributed by atoms with Gasteiger partial charge in [-0.05, 0) is 30.9 Å². The van der Waals surface area contributed by atoms with Crippen molar-refractivity contribution in [3.05, 3.63) is 24.3 Å². The molecule has 1 aromatic carbocycles. The van der Waals surface area contributed by atoms with Crippen LogP contribution in [-0.2, 0) is 0 Å². The lowest BCUT2D eigenvalue weighted by molar-refractivity contribution is 0.142. The van der Waals surface area contributed by atoms with Crippen molar-refractivity contribution in [2.75, 3.05) is 19.0 Å². The van der Waals surface area contributed by atoms with E-state index in [-0.39, 0.29) is 12.1 Å². The Labute approximate surface area is 116 Å². The first kappa shape index (κ1) is 14.2. The second kappa shape index (κ2) is 6.29. The Hall–Kier alpha value is -1.22. The molecule has 0 aliphatic heterocycles. The van der Waals surface area contributed by atoms with Crippen molar-refractivity contribution in [2.24, 2.45) is 5.92 Å². The lowest BCUT2D eigenvalue weighted by Gasteiger charge is -2.41. The number of rotatable bonds is 5. The van der Waals surface area contributed by atoms with E-state index in [2.05, 4.69) is 12.2 Å². The van der Waals surface area contributed by atoms with Crippen molar-refractivity contribution in [3.8, 4) is 5.75 Å². The van der Waals surface area contributed by atoms with Crippen molar-refractivity contribution in [2.45, 2.75) is 44.6 Å². The monoisotopic (exact) mass is 263 g/mol. The van der Waals surface area contributed by atoms with E-state index in [1.54, 1.807) is 7.11 Å². The molecule has 1 aliphatic carbocycles. The minimum atomic E-state index is -0.187. The number of methoxy groups -OCH3 is 1. The van der Waals surface area contributed by atoms with Crippen LogP contribution in [0.2, 0.25) is 0 Å². The highest BCUT2D eigenvalue weighted by molar-refractivity contribution is 5.57. The van der Waals surface area contributed by atoms with Gasteiger partial charge in [-0.3, -0.25) is 0 Å². The minimum absolute atomic E-state index is 0.182. The maximum atomic E-state index is 9.88. The van der Waals surface area contributed by atoms with Gasteiger partial charge >= 0.3 is 0 Å². The zero-order valence-corrected chi connectivity index (χ0v) is 12.0. The Morgan fingerprint density at radius 3 is 2.89 bits per heavy atom. The van der Waals surface area contributed by atoms with Gasteiger partial charge in [-0.15, -0.1) is 0 Å². The van der Waals surface area contributed by atoms with E-state index in [1.807, 2.05) is 24.3 Å². The number of aliphatic hydroxyl groups is 1. The average molecular weight is 263 g/mol. The summed E-state index contributed by atoms with van der Waals surface area (Å²) in [6, 6.07) is 7.93. The Balaban J connectivity index is 2.17. The SMILES string of the molecule is CCC1CCCC(CO)(Nc2ccccc2OC)C1. The smallest absolute Gasteiger partial charge is 0.141 e. The fraction of sp³-hybridized carbons (Fsp3) is 0.625. The number of para-hydroxylation sites is 2. The van der Waals surface area contributed by atoms with Crippen LogP contribution in [0.3, 0.4) is 0 Å². The molecule has 2 atom stereocenters. The number of nitrogens with one attached hydrogen (secondary N) is 1. The van der Waals surface area contributed by atoms with Gasteiger partial charge in [0.25, 0.3) is 0 Å². The third-order valence-electron chi connectivity index (χ3n) is 4.33. The molecule has 0 aromatic heterocycles. The third kappa shape index (κ3) is 3.21. The molecular formula is C16H25NO2. The summed E-state index contributed by atoms with van der Waals surface area (Å²) in [5.41, 5.74) is 0.795. The van der Waals surface area contributed by atoms with Gasteiger partial charge in [-0.1, -0.05) is 38.3 Å². The first-order valence-electron chi connectivity index (χ1n) is 7.25. The lowest BCUT2D eigenvalue weighted by Crippen LogP contribution is -2.46. The quantitative estimate of drug-likeness (QED) is 0.855. The number of anilines is 1. The molecule has 2 rings (SSSR count). The van der Waals surface area contributed by atoms with Crippen molar-refractivity contribution in [1.29, 1.82) is 0 Å². The van der Waals surface area contributed by atoms with Gasteiger partial charge in [-0.2, -0.15) is 0 Å². The normalized spacial score (nSPS) is 27.0. The van der Waals surface area contributed by atoms with E-state index in [1.165, 1.54) is 19.3 Å². The molecule has 19 heavy (non-hydrogen) atoms. The molecule has 0 amide bonds. The summed E-state index contributed by atoms with van der Waals surface area (Å²) in [4.78, 5) is 0. The van der Waals surface area contributed by atoms with Crippen molar-refractivity contribution in [3.63, 3.8) is 0 Å². The topological polar surface area (TPSA) is 41.5 Å². The van der Waals surface area contributed by atoms with E-state index in [9.17, 15) is 5.11 Å². The number of ether oxygens (including phenoxy) is 1. The van der Waals surface area contributed by atoms with Crippen LogP contribution >= 0.6 is 0 Å². The van der Waals surface area contributed by atoms with Gasteiger partial charge in [0, 0.05) is 0 Å². The highest BCUT2D eigenvalue weighted by atomic mass is 16.5. The summed E-state index contributed by atoms with van der Waals surface area (Å²) in [5.74, 6) is 1.55. The van der Waals surface area contributed by atoms with Gasteiger partial charge in [0.15, 0.2) is 0 Å². The van der Waals surface area contributed by atoms with Gasteiger partial charge in [0.1, 0.15) is 5.75 Å². The second-order valence-electron chi connectivity index (χ2n) is 5.63. The van der Waals surface area contributed by atoms with Crippen LogP contribution in [0.1, 0.15) is 39.0 Å². The molecule has 2 unspecified atom stereocenters.